The molecule has 2 aromatic carbocycles. The summed E-state index contributed by atoms with van der Waals surface area (Å²) >= 11 is 18.3. The van der Waals surface area contributed by atoms with E-state index in [1.807, 2.05) is 6.07 Å². The van der Waals surface area contributed by atoms with E-state index in [1.54, 1.807) is 42.5 Å². The highest BCUT2D eigenvalue weighted by Gasteiger charge is 2.21. The Balaban J connectivity index is 1.47. The van der Waals surface area contributed by atoms with E-state index in [-0.39, 0.29) is 33.0 Å². The first kappa shape index (κ1) is 23.7. The highest BCUT2D eigenvalue weighted by atomic mass is 35.5. The second-order valence-corrected chi connectivity index (χ2v) is 8.39. The molecule has 0 aliphatic heterocycles. The van der Waals surface area contributed by atoms with Crippen LogP contribution in [0, 0.1) is 0 Å². The molecule has 0 saturated carbocycles. The predicted octanol–water partition coefficient (Wildman–Crippen LogP) is 5.35. The number of halogens is 3. The molecule has 0 aliphatic carbocycles. The number of hydrogen-bond acceptors (Lipinski definition) is 6. The molecule has 3 N–H and O–H groups in total. The molecule has 2 heterocycles. The van der Waals surface area contributed by atoms with Gasteiger partial charge in [-0.3, -0.25) is 9.78 Å². The van der Waals surface area contributed by atoms with E-state index in [9.17, 15) is 14.7 Å². The fourth-order valence-corrected chi connectivity index (χ4v) is 3.94. The van der Waals surface area contributed by atoms with E-state index in [2.05, 4.69) is 25.6 Å². The van der Waals surface area contributed by atoms with Crippen LogP contribution in [0.2, 0.25) is 15.2 Å². The maximum atomic E-state index is 12.5. The zero-order valence-electron chi connectivity index (χ0n) is 17.3. The van der Waals surface area contributed by atoms with Crippen LogP contribution in [-0.2, 0) is 11.2 Å². The predicted molar refractivity (Wildman–Crippen MR) is 132 cm³/mol. The fourth-order valence-electron chi connectivity index (χ4n) is 3.22. The third-order valence-corrected chi connectivity index (χ3v) is 5.71. The van der Waals surface area contributed by atoms with Crippen LogP contribution in [0.3, 0.4) is 0 Å². The number of nitrogens with one attached hydrogen (secondary N) is 2. The number of pyridine rings is 1. The molecule has 1 amide bonds. The van der Waals surface area contributed by atoms with Crippen molar-refractivity contribution in [1.29, 1.82) is 0 Å². The Morgan fingerprint density at radius 2 is 1.53 bits per heavy atom. The van der Waals surface area contributed by atoms with Gasteiger partial charge in [0.2, 0.25) is 0 Å². The van der Waals surface area contributed by atoms with E-state index in [1.165, 1.54) is 12.4 Å². The number of anilines is 2. The Hall–Kier alpha value is -3.46. The van der Waals surface area contributed by atoms with Crippen LogP contribution in [0.25, 0.3) is 11.0 Å². The van der Waals surface area contributed by atoms with Crippen LogP contribution in [0.4, 0.5) is 11.5 Å². The smallest absolute Gasteiger partial charge is 0.326 e. The summed E-state index contributed by atoms with van der Waals surface area (Å²) in [6, 6.07) is 12.8. The van der Waals surface area contributed by atoms with Gasteiger partial charge in [0.05, 0.1) is 26.6 Å². The number of carbonyl (C=O) groups excluding carboxylic acids is 1. The van der Waals surface area contributed by atoms with E-state index in [0.717, 1.165) is 0 Å². The van der Waals surface area contributed by atoms with Gasteiger partial charge in [0.25, 0.3) is 5.91 Å². The standard InChI is InChI=1S/C23H16Cl3N5O3/c24-14-10-27-11-15(25)19(14)22(32)28-13-7-5-12(6-8-13)9-18(23(33)34)31-21-20(26)29-16-3-1-2-4-17(16)30-21/h1-8,10-11,18H,9H2,(H,28,32)(H,30,31)(H,33,34)/t18-/m0/s1. The van der Waals surface area contributed by atoms with Crippen LogP contribution in [-0.4, -0.2) is 38.0 Å². The van der Waals surface area contributed by atoms with Crippen LogP contribution < -0.4 is 10.6 Å². The van der Waals surface area contributed by atoms with Crippen LogP contribution in [0.1, 0.15) is 15.9 Å². The molecular weight excluding hydrogens is 501 g/mol. The van der Waals surface area contributed by atoms with Gasteiger partial charge in [-0.2, -0.15) is 0 Å². The summed E-state index contributed by atoms with van der Waals surface area (Å²) in [7, 11) is 0. The quantitative estimate of drug-likeness (QED) is 0.303. The minimum Gasteiger partial charge on any atom is -0.480 e. The summed E-state index contributed by atoms with van der Waals surface area (Å²) in [5.41, 5.74) is 2.51. The van der Waals surface area contributed by atoms with Gasteiger partial charge < -0.3 is 15.7 Å². The molecule has 11 heteroatoms. The van der Waals surface area contributed by atoms with Crippen molar-refractivity contribution in [2.24, 2.45) is 0 Å². The van der Waals surface area contributed by atoms with Gasteiger partial charge in [-0.15, -0.1) is 0 Å². The maximum absolute atomic E-state index is 12.5. The Bertz CT molecular complexity index is 1360. The van der Waals surface area contributed by atoms with Gasteiger partial charge in [0, 0.05) is 24.5 Å². The molecule has 172 valence electrons. The SMILES string of the molecule is O=C(Nc1ccc(C[C@H](Nc2nc3ccccc3nc2Cl)C(=O)O)cc1)c1c(Cl)cncc1Cl. The van der Waals surface area contributed by atoms with Gasteiger partial charge in [0.15, 0.2) is 11.0 Å². The van der Waals surface area contributed by atoms with Crippen LogP contribution >= 0.6 is 34.8 Å². The summed E-state index contributed by atoms with van der Waals surface area (Å²) in [6.45, 7) is 0. The summed E-state index contributed by atoms with van der Waals surface area (Å²) in [5, 5.41) is 15.6. The lowest BCUT2D eigenvalue weighted by Crippen LogP contribution is -2.32. The van der Waals surface area contributed by atoms with Crippen molar-refractivity contribution in [3.63, 3.8) is 0 Å². The first-order valence-corrected chi connectivity index (χ1v) is 11.1. The minimum absolute atomic E-state index is 0.0800. The average Bonchev–Trinajstić information content (AvgIpc) is 2.80. The molecule has 0 aliphatic rings. The molecule has 4 aromatic rings. The summed E-state index contributed by atoms with van der Waals surface area (Å²) in [4.78, 5) is 36.9. The van der Waals surface area contributed by atoms with Crippen molar-refractivity contribution < 1.29 is 14.7 Å². The van der Waals surface area contributed by atoms with E-state index >= 15 is 0 Å². The molecule has 0 spiro atoms. The van der Waals surface area contributed by atoms with Gasteiger partial charge >= 0.3 is 5.97 Å². The molecule has 0 radical (unpaired) electrons. The number of aromatic nitrogens is 3. The maximum Gasteiger partial charge on any atom is 0.326 e. The van der Waals surface area contributed by atoms with E-state index in [0.29, 0.717) is 22.3 Å². The lowest BCUT2D eigenvalue weighted by molar-refractivity contribution is -0.137. The zero-order chi connectivity index (χ0) is 24.2. The molecule has 0 fully saturated rings. The Morgan fingerprint density at radius 3 is 2.15 bits per heavy atom. The average molecular weight is 517 g/mol. The number of para-hydroxylation sites is 2. The molecule has 1 atom stereocenters. The van der Waals surface area contributed by atoms with Crippen molar-refractivity contribution in [2.75, 3.05) is 10.6 Å². The second kappa shape index (κ2) is 10.2. The Labute approximate surface area is 208 Å². The fraction of sp³-hybridized carbons (Fsp3) is 0.0870. The number of fused-ring (bicyclic) bond motifs is 1. The third kappa shape index (κ3) is 5.36. The molecule has 34 heavy (non-hydrogen) atoms. The normalized spacial score (nSPS) is 11.7. The van der Waals surface area contributed by atoms with E-state index < -0.39 is 17.9 Å². The highest BCUT2D eigenvalue weighted by molar-refractivity contribution is 6.40. The number of carboxylic acids is 1. The first-order valence-electron chi connectivity index (χ1n) is 9.92. The van der Waals surface area contributed by atoms with Crippen molar-refractivity contribution in [1.82, 2.24) is 15.0 Å². The highest BCUT2D eigenvalue weighted by Crippen LogP contribution is 2.25. The minimum atomic E-state index is -1.08. The lowest BCUT2D eigenvalue weighted by atomic mass is 10.1. The van der Waals surface area contributed by atoms with Gasteiger partial charge in [0.1, 0.15) is 6.04 Å². The lowest BCUT2D eigenvalue weighted by Gasteiger charge is -2.16. The second-order valence-electron chi connectivity index (χ2n) is 7.22. The van der Waals surface area contributed by atoms with Crippen molar-refractivity contribution >= 4 is 69.2 Å². The van der Waals surface area contributed by atoms with E-state index in [4.69, 9.17) is 34.8 Å². The van der Waals surface area contributed by atoms with Crippen molar-refractivity contribution in [3.8, 4) is 0 Å². The topological polar surface area (TPSA) is 117 Å². The van der Waals surface area contributed by atoms with Gasteiger partial charge in [-0.05, 0) is 29.8 Å². The molecule has 8 nitrogen and oxygen atoms in total. The molecule has 0 bridgehead atoms. The number of benzene rings is 2. The molecule has 0 unspecified atom stereocenters. The number of aliphatic carboxylic acids is 1. The van der Waals surface area contributed by atoms with Crippen LogP contribution in [0.5, 0.6) is 0 Å². The van der Waals surface area contributed by atoms with Crippen molar-refractivity contribution in [3.05, 3.63) is 87.2 Å². The Morgan fingerprint density at radius 1 is 0.912 bits per heavy atom. The number of carboxylic acid groups (broad SMARTS) is 1. The van der Waals surface area contributed by atoms with Crippen molar-refractivity contribution in [2.45, 2.75) is 12.5 Å². The number of carbonyl (C=O) groups is 2. The number of amides is 1. The van der Waals surface area contributed by atoms with Crippen LogP contribution in [0.15, 0.2) is 60.9 Å². The summed E-state index contributed by atoms with van der Waals surface area (Å²) < 4.78 is 0. The summed E-state index contributed by atoms with van der Waals surface area (Å²) in [5.74, 6) is -1.38. The molecular formula is C23H16Cl3N5O3. The van der Waals surface area contributed by atoms with Gasteiger partial charge in [-0.25, -0.2) is 14.8 Å². The van der Waals surface area contributed by atoms with Gasteiger partial charge in [-0.1, -0.05) is 59.1 Å². The first-order chi connectivity index (χ1) is 16.3. The number of nitrogens with zero attached hydrogens (tertiary/aromatic N) is 3. The largest absolute Gasteiger partial charge is 0.480 e. The number of rotatable bonds is 7. The monoisotopic (exact) mass is 515 g/mol. The molecule has 4 rings (SSSR count). The number of hydrogen-bond donors (Lipinski definition) is 3. The summed E-state index contributed by atoms with van der Waals surface area (Å²) in [6.07, 6.45) is 2.80. The zero-order valence-corrected chi connectivity index (χ0v) is 19.6. The molecule has 2 aromatic heterocycles. The molecule has 0 saturated heterocycles. The Kier molecular flexibility index (Phi) is 7.12. The third-order valence-electron chi connectivity index (χ3n) is 4.87.